The van der Waals surface area contributed by atoms with E-state index in [-0.39, 0.29) is 5.91 Å². The number of pyridine rings is 1. The molecule has 100 valence electrons. The Kier molecular flexibility index (Phi) is 4.01. The molecule has 2 N–H and O–H groups in total. The third-order valence-electron chi connectivity index (χ3n) is 2.53. The Labute approximate surface area is 115 Å². The minimum atomic E-state index is -0.106. The smallest absolute Gasteiger partial charge is 0.258 e. The third kappa shape index (κ3) is 3.23. The zero-order valence-electron chi connectivity index (χ0n) is 10.6. The average molecular weight is 280 g/mol. The second kappa shape index (κ2) is 5.71. The maximum atomic E-state index is 11.9. The van der Waals surface area contributed by atoms with E-state index in [2.05, 4.69) is 20.5 Å². The van der Waals surface area contributed by atoms with Gasteiger partial charge in [-0.2, -0.15) is 5.10 Å². The molecule has 0 radical (unpaired) electrons. The van der Waals surface area contributed by atoms with Gasteiger partial charge in [0.25, 0.3) is 5.91 Å². The molecule has 0 saturated carbocycles. The van der Waals surface area contributed by atoms with Crippen molar-refractivity contribution in [2.24, 2.45) is 0 Å². The molecule has 1 amide bonds. The van der Waals surface area contributed by atoms with E-state index in [1.165, 1.54) is 11.1 Å². The van der Waals surface area contributed by atoms with Crippen LogP contribution >= 0.6 is 11.6 Å². The zero-order chi connectivity index (χ0) is 13.8. The predicted octanol–water partition coefficient (Wildman–Crippen LogP) is 1.77. The van der Waals surface area contributed by atoms with Gasteiger partial charge in [-0.1, -0.05) is 17.7 Å². The van der Waals surface area contributed by atoms with Crippen LogP contribution in [-0.2, 0) is 6.54 Å². The molecule has 0 spiro atoms. The van der Waals surface area contributed by atoms with E-state index < -0.39 is 0 Å². The molecular weight excluding hydrogens is 266 g/mol. The van der Waals surface area contributed by atoms with Crippen molar-refractivity contribution in [1.29, 1.82) is 0 Å². The Morgan fingerprint density at radius 1 is 1.42 bits per heavy atom. The number of carbonyl (C=O) groups excluding carboxylic acids is 1. The van der Waals surface area contributed by atoms with Crippen molar-refractivity contribution in [3.05, 3.63) is 40.8 Å². The lowest BCUT2D eigenvalue weighted by Crippen LogP contribution is -2.22. The first-order valence-corrected chi connectivity index (χ1v) is 6.05. The second-order valence-electron chi connectivity index (χ2n) is 4.20. The van der Waals surface area contributed by atoms with E-state index in [9.17, 15) is 4.79 Å². The maximum absolute atomic E-state index is 11.9. The Bertz CT molecular complexity index is 564. The Morgan fingerprint density at radius 2 is 2.21 bits per heavy atom. The number of amides is 1. The minimum absolute atomic E-state index is 0.106. The number of carbonyl (C=O) groups is 1. The van der Waals surface area contributed by atoms with Crippen molar-refractivity contribution in [2.75, 3.05) is 19.4 Å². The summed E-state index contributed by atoms with van der Waals surface area (Å²) in [6.07, 6.45) is 3.18. The zero-order valence-corrected chi connectivity index (χ0v) is 11.4. The summed E-state index contributed by atoms with van der Waals surface area (Å²) in [6, 6.07) is 3.59. The summed E-state index contributed by atoms with van der Waals surface area (Å²) in [5.74, 6) is 0.485. The molecular formula is C12H14ClN5O. The number of aromatic amines is 1. The van der Waals surface area contributed by atoms with Gasteiger partial charge in [0, 0.05) is 26.8 Å². The molecule has 0 fully saturated rings. The summed E-state index contributed by atoms with van der Waals surface area (Å²) in [6.45, 7) is 0.528. The monoisotopic (exact) mass is 279 g/mol. The normalized spacial score (nSPS) is 10.3. The van der Waals surface area contributed by atoms with Gasteiger partial charge in [0.05, 0.1) is 6.20 Å². The maximum Gasteiger partial charge on any atom is 0.258 e. The van der Waals surface area contributed by atoms with Crippen LogP contribution in [0.5, 0.6) is 0 Å². The van der Waals surface area contributed by atoms with Crippen LogP contribution in [0.2, 0.25) is 5.15 Å². The first-order valence-electron chi connectivity index (χ1n) is 5.67. The van der Waals surface area contributed by atoms with Crippen LogP contribution in [0.1, 0.15) is 15.9 Å². The van der Waals surface area contributed by atoms with Crippen LogP contribution in [0.25, 0.3) is 0 Å². The van der Waals surface area contributed by atoms with Crippen LogP contribution < -0.4 is 5.32 Å². The summed E-state index contributed by atoms with van der Waals surface area (Å²) in [7, 11) is 3.39. The lowest BCUT2D eigenvalue weighted by Gasteiger charge is -2.11. The van der Waals surface area contributed by atoms with Crippen molar-refractivity contribution in [1.82, 2.24) is 20.1 Å². The summed E-state index contributed by atoms with van der Waals surface area (Å²) in [4.78, 5) is 17.4. The SMILES string of the molecule is CN(C)C(=O)c1cn[nH]c1NCc1ccc(Cl)nc1. The number of anilines is 1. The summed E-state index contributed by atoms with van der Waals surface area (Å²) in [5, 5.41) is 10.2. The van der Waals surface area contributed by atoms with Crippen molar-refractivity contribution < 1.29 is 4.79 Å². The molecule has 0 aliphatic carbocycles. The number of halogens is 1. The average Bonchev–Trinajstić information content (AvgIpc) is 2.85. The predicted molar refractivity (Wildman–Crippen MR) is 73.2 cm³/mol. The highest BCUT2D eigenvalue weighted by Crippen LogP contribution is 2.14. The minimum Gasteiger partial charge on any atom is -0.366 e. The second-order valence-corrected chi connectivity index (χ2v) is 4.59. The molecule has 2 aromatic rings. The fourth-order valence-corrected chi connectivity index (χ4v) is 1.64. The van der Waals surface area contributed by atoms with Gasteiger partial charge in [0.1, 0.15) is 16.5 Å². The summed E-state index contributed by atoms with van der Waals surface area (Å²) in [5.41, 5.74) is 1.47. The molecule has 0 aliphatic heterocycles. The Balaban J connectivity index is 2.06. The van der Waals surface area contributed by atoms with E-state index in [0.29, 0.717) is 23.1 Å². The fourth-order valence-electron chi connectivity index (χ4n) is 1.53. The van der Waals surface area contributed by atoms with Gasteiger partial charge in [-0.15, -0.1) is 0 Å². The number of hydrogen-bond acceptors (Lipinski definition) is 4. The lowest BCUT2D eigenvalue weighted by atomic mass is 10.2. The summed E-state index contributed by atoms with van der Waals surface area (Å²) >= 11 is 5.72. The Morgan fingerprint density at radius 3 is 2.84 bits per heavy atom. The van der Waals surface area contributed by atoms with Gasteiger partial charge < -0.3 is 10.2 Å². The number of hydrogen-bond donors (Lipinski definition) is 2. The highest BCUT2D eigenvalue weighted by molar-refractivity contribution is 6.29. The van der Waals surface area contributed by atoms with E-state index in [0.717, 1.165) is 5.56 Å². The molecule has 0 bridgehead atoms. The highest BCUT2D eigenvalue weighted by atomic mass is 35.5. The van der Waals surface area contributed by atoms with Crippen LogP contribution in [0.4, 0.5) is 5.82 Å². The fraction of sp³-hybridized carbons (Fsp3) is 0.250. The highest BCUT2D eigenvalue weighted by Gasteiger charge is 2.15. The molecule has 2 aromatic heterocycles. The number of H-pyrrole nitrogens is 1. The molecule has 0 unspecified atom stereocenters. The van der Waals surface area contributed by atoms with Crippen LogP contribution in [0.15, 0.2) is 24.5 Å². The van der Waals surface area contributed by atoms with Gasteiger partial charge in [-0.3, -0.25) is 9.89 Å². The van der Waals surface area contributed by atoms with Gasteiger partial charge in [-0.25, -0.2) is 4.98 Å². The van der Waals surface area contributed by atoms with E-state index in [4.69, 9.17) is 11.6 Å². The summed E-state index contributed by atoms with van der Waals surface area (Å²) < 4.78 is 0. The van der Waals surface area contributed by atoms with E-state index in [1.807, 2.05) is 6.07 Å². The van der Waals surface area contributed by atoms with Crippen LogP contribution in [0, 0.1) is 0 Å². The van der Waals surface area contributed by atoms with Crippen molar-refractivity contribution in [3.8, 4) is 0 Å². The number of aromatic nitrogens is 3. The standard InChI is InChI=1S/C12H14ClN5O/c1-18(2)12(19)9-7-16-17-11(9)15-6-8-3-4-10(13)14-5-8/h3-5,7H,6H2,1-2H3,(H2,15,16,17). The Hall–Kier alpha value is -2.08. The first-order chi connectivity index (χ1) is 9.08. The van der Waals surface area contributed by atoms with Crippen molar-refractivity contribution in [3.63, 3.8) is 0 Å². The molecule has 0 aromatic carbocycles. The van der Waals surface area contributed by atoms with Gasteiger partial charge in [0.15, 0.2) is 0 Å². The number of nitrogens with one attached hydrogen (secondary N) is 2. The third-order valence-corrected chi connectivity index (χ3v) is 2.76. The van der Waals surface area contributed by atoms with Crippen LogP contribution in [0.3, 0.4) is 0 Å². The van der Waals surface area contributed by atoms with Crippen molar-refractivity contribution >= 4 is 23.3 Å². The molecule has 19 heavy (non-hydrogen) atoms. The van der Waals surface area contributed by atoms with Gasteiger partial charge in [-0.05, 0) is 11.6 Å². The molecule has 7 heteroatoms. The van der Waals surface area contributed by atoms with Gasteiger partial charge >= 0.3 is 0 Å². The molecule has 0 aliphatic rings. The molecule has 0 atom stereocenters. The van der Waals surface area contributed by atoms with Crippen LogP contribution in [-0.4, -0.2) is 40.1 Å². The molecule has 2 heterocycles. The quantitative estimate of drug-likeness (QED) is 0.837. The lowest BCUT2D eigenvalue weighted by molar-refractivity contribution is 0.0828. The van der Waals surface area contributed by atoms with Crippen molar-refractivity contribution in [2.45, 2.75) is 6.54 Å². The number of rotatable bonds is 4. The van der Waals surface area contributed by atoms with E-state index >= 15 is 0 Å². The first kappa shape index (κ1) is 13.4. The number of nitrogens with zero attached hydrogens (tertiary/aromatic N) is 3. The van der Waals surface area contributed by atoms with E-state index in [1.54, 1.807) is 26.4 Å². The molecule has 2 rings (SSSR count). The largest absolute Gasteiger partial charge is 0.366 e. The molecule has 6 nitrogen and oxygen atoms in total. The van der Waals surface area contributed by atoms with Gasteiger partial charge in [0.2, 0.25) is 0 Å². The topological polar surface area (TPSA) is 73.9 Å². The molecule has 0 saturated heterocycles.